The summed E-state index contributed by atoms with van der Waals surface area (Å²) in [5.74, 6) is 0.704. The Morgan fingerprint density at radius 2 is 2.12 bits per heavy atom. The number of hydrogen-bond donors (Lipinski definition) is 2. The first-order valence-corrected chi connectivity index (χ1v) is 6.87. The zero-order valence-corrected chi connectivity index (χ0v) is 10.7. The topological polar surface area (TPSA) is 52.6 Å². The molecule has 0 radical (unpaired) electrons. The van der Waals surface area contributed by atoms with Crippen LogP contribution in [-0.4, -0.2) is 47.7 Å². The average molecular weight is 240 g/mol. The van der Waals surface area contributed by atoms with Crippen molar-refractivity contribution in [2.24, 2.45) is 5.92 Å². The molecule has 2 N–H and O–H groups in total. The maximum Gasteiger partial charge on any atom is 0.222 e. The fourth-order valence-corrected chi connectivity index (χ4v) is 2.73. The first kappa shape index (κ1) is 12.8. The second-order valence-corrected chi connectivity index (χ2v) is 5.40. The van der Waals surface area contributed by atoms with E-state index in [4.69, 9.17) is 5.11 Å². The van der Waals surface area contributed by atoms with E-state index in [0.29, 0.717) is 24.4 Å². The minimum atomic E-state index is 0.231. The van der Waals surface area contributed by atoms with Crippen molar-refractivity contribution in [2.45, 2.75) is 51.1 Å². The minimum absolute atomic E-state index is 0.231. The molecule has 2 rings (SSSR count). The van der Waals surface area contributed by atoms with Gasteiger partial charge in [0.05, 0.1) is 0 Å². The Hall–Kier alpha value is -0.610. The molecular weight excluding hydrogens is 216 g/mol. The third-order valence-electron chi connectivity index (χ3n) is 3.78. The van der Waals surface area contributed by atoms with Crippen LogP contribution in [0.25, 0.3) is 0 Å². The number of rotatable bonds is 5. The molecule has 1 amide bonds. The van der Waals surface area contributed by atoms with Crippen LogP contribution in [0.1, 0.15) is 39.0 Å². The van der Waals surface area contributed by atoms with Crippen molar-refractivity contribution in [1.82, 2.24) is 10.2 Å². The Bertz CT molecular complexity index is 266. The maximum atomic E-state index is 11.8. The van der Waals surface area contributed by atoms with Gasteiger partial charge in [-0.2, -0.15) is 0 Å². The molecule has 0 aromatic rings. The van der Waals surface area contributed by atoms with Gasteiger partial charge in [0.25, 0.3) is 0 Å². The SMILES string of the molecule is CCC(=O)N1CC(CCO)CC(NC2CC2)C1. The molecule has 1 heterocycles. The number of amides is 1. The van der Waals surface area contributed by atoms with E-state index in [1.807, 2.05) is 11.8 Å². The van der Waals surface area contributed by atoms with Crippen LogP contribution in [0.3, 0.4) is 0 Å². The Kier molecular flexibility index (Phi) is 4.40. The summed E-state index contributed by atoms with van der Waals surface area (Å²) in [5.41, 5.74) is 0. The van der Waals surface area contributed by atoms with Gasteiger partial charge in [-0.15, -0.1) is 0 Å². The van der Waals surface area contributed by atoms with Crippen molar-refractivity contribution in [3.63, 3.8) is 0 Å². The van der Waals surface area contributed by atoms with Crippen molar-refractivity contribution in [3.8, 4) is 0 Å². The predicted molar refractivity (Wildman–Crippen MR) is 66.6 cm³/mol. The van der Waals surface area contributed by atoms with Crippen LogP contribution in [0.5, 0.6) is 0 Å². The quantitative estimate of drug-likeness (QED) is 0.745. The third-order valence-corrected chi connectivity index (χ3v) is 3.78. The summed E-state index contributed by atoms with van der Waals surface area (Å²) in [7, 11) is 0. The van der Waals surface area contributed by atoms with Gasteiger partial charge in [0.2, 0.25) is 5.91 Å². The molecule has 1 saturated heterocycles. The first-order valence-electron chi connectivity index (χ1n) is 6.87. The number of aliphatic hydroxyl groups is 1. The number of hydrogen-bond acceptors (Lipinski definition) is 3. The number of carbonyl (C=O) groups excluding carboxylic acids is 1. The average Bonchev–Trinajstić information content (AvgIpc) is 3.12. The van der Waals surface area contributed by atoms with Gasteiger partial charge in [-0.05, 0) is 31.6 Å². The first-order chi connectivity index (χ1) is 8.22. The molecule has 1 saturated carbocycles. The van der Waals surface area contributed by atoms with E-state index in [9.17, 15) is 4.79 Å². The highest BCUT2D eigenvalue weighted by Crippen LogP contribution is 2.25. The summed E-state index contributed by atoms with van der Waals surface area (Å²) in [6.07, 6.45) is 5.06. The molecule has 2 aliphatic rings. The van der Waals surface area contributed by atoms with Gasteiger partial charge >= 0.3 is 0 Å². The van der Waals surface area contributed by atoms with Crippen LogP contribution in [0.15, 0.2) is 0 Å². The molecule has 0 spiro atoms. The van der Waals surface area contributed by atoms with Crippen LogP contribution in [0.4, 0.5) is 0 Å². The number of nitrogens with one attached hydrogen (secondary N) is 1. The minimum Gasteiger partial charge on any atom is -0.396 e. The van der Waals surface area contributed by atoms with Crippen molar-refractivity contribution < 1.29 is 9.90 Å². The lowest BCUT2D eigenvalue weighted by molar-refractivity contribution is -0.133. The zero-order chi connectivity index (χ0) is 12.3. The molecule has 17 heavy (non-hydrogen) atoms. The number of aliphatic hydroxyl groups excluding tert-OH is 1. The van der Waals surface area contributed by atoms with Crippen LogP contribution in [-0.2, 0) is 4.79 Å². The van der Waals surface area contributed by atoms with Crippen molar-refractivity contribution >= 4 is 5.91 Å². The fraction of sp³-hybridized carbons (Fsp3) is 0.923. The Balaban J connectivity index is 1.90. The highest BCUT2D eigenvalue weighted by Gasteiger charge is 2.32. The summed E-state index contributed by atoms with van der Waals surface area (Å²) in [6.45, 7) is 3.83. The molecule has 0 bridgehead atoms. The second-order valence-electron chi connectivity index (χ2n) is 5.40. The van der Waals surface area contributed by atoms with E-state index in [0.717, 1.165) is 25.9 Å². The Morgan fingerprint density at radius 1 is 1.35 bits per heavy atom. The molecule has 4 heteroatoms. The van der Waals surface area contributed by atoms with Gasteiger partial charge in [-0.25, -0.2) is 0 Å². The van der Waals surface area contributed by atoms with E-state index < -0.39 is 0 Å². The zero-order valence-electron chi connectivity index (χ0n) is 10.7. The molecule has 98 valence electrons. The van der Waals surface area contributed by atoms with Gasteiger partial charge in [-0.1, -0.05) is 6.92 Å². The highest BCUT2D eigenvalue weighted by molar-refractivity contribution is 5.76. The van der Waals surface area contributed by atoms with Crippen LogP contribution in [0, 0.1) is 5.92 Å². The smallest absolute Gasteiger partial charge is 0.222 e. The molecule has 2 fully saturated rings. The molecule has 2 atom stereocenters. The van der Waals surface area contributed by atoms with Crippen LogP contribution in [0.2, 0.25) is 0 Å². The molecular formula is C13H24N2O2. The van der Waals surface area contributed by atoms with Crippen LogP contribution >= 0.6 is 0 Å². The summed E-state index contributed by atoms with van der Waals surface area (Å²) in [5, 5.41) is 12.7. The summed E-state index contributed by atoms with van der Waals surface area (Å²) >= 11 is 0. The maximum absolute atomic E-state index is 11.8. The second kappa shape index (κ2) is 5.83. The highest BCUT2D eigenvalue weighted by atomic mass is 16.3. The molecule has 2 unspecified atom stereocenters. The summed E-state index contributed by atoms with van der Waals surface area (Å²) < 4.78 is 0. The van der Waals surface area contributed by atoms with Crippen molar-refractivity contribution in [2.75, 3.05) is 19.7 Å². The van der Waals surface area contributed by atoms with E-state index >= 15 is 0 Å². The van der Waals surface area contributed by atoms with E-state index in [1.165, 1.54) is 12.8 Å². The summed E-state index contributed by atoms with van der Waals surface area (Å²) in [4.78, 5) is 13.8. The lowest BCUT2D eigenvalue weighted by Crippen LogP contribution is -2.51. The van der Waals surface area contributed by atoms with E-state index in [1.54, 1.807) is 0 Å². The normalized spacial score (nSPS) is 29.4. The van der Waals surface area contributed by atoms with E-state index in [-0.39, 0.29) is 12.5 Å². The third kappa shape index (κ3) is 3.68. The molecule has 0 aromatic carbocycles. The summed E-state index contributed by atoms with van der Waals surface area (Å²) in [6, 6.07) is 1.12. The number of carbonyl (C=O) groups is 1. The monoisotopic (exact) mass is 240 g/mol. The number of piperidine rings is 1. The Labute approximate surface area is 103 Å². The molecule has 1 aliphatic carbocycles. The lowest BCUT2D eigenvalue weighted by Gasteiger charge is -2.38. The standard InChI is InChI=1S/C13H24N2O2/c1-2-13(17)15-8-10(5-6-16)7-12(9-15)14-11-3-4-11/h10-12,14,16H,2-9H2,1H3. The molecule has 4 nitrogen and oxygen atoms in total. The van der Waals surface area contributed by atoms with Gasteiger partial charge < -0.3 is 15.3 Å². The van der Waals surface area contributed by atoms with Gasteiger partial charge in [0.15, 0.2) is 0 Å². The predicted octanol–water partition coefficient (Wildman–Crippen LogP) is 0.748. The van der Waals surface area contributed by atoms with Crippen LogP contribution < -0.4 is 5.32 Å². The lowest BCUT2D eigenvalue weighted by atomic mass is 9.91. The van der Waals surface area contributed by atoms with Crippen molar-refractivity contribution in [1.29, 1.82) is 0 Å². The largest absolute Gasteiger partial charge is 0.396 e. The number of likely N-dealkylation sites (tertiary alicyclic amines) is 1. The van der Waals surface area contributed by atoms with Gasteiger partial charge in [-0.3, -0.25) is 4.79 Å². The molecule has 1 aliphatic heterocycles. The number of nitrogens with zero attached hydrogens (tertiary/aromatic N) is 1. The molecule has 0 aromatic heterocycles. The fourth-order valence-electron chi connectivity index (χ4n) is 2.73. The van der Waals surface area contributed by atoms with Crippen molar-refractivity contribution in [3.05, 3.63) is 0 Å². The van der Waals surface area contributed by atoms with Gasteiger partial charge in [0, 0.05) is 38.2 Å². The Morgan fingerprint density at radius 3 is 2.71 bits per heavy atom. The van der Waals surface area contributed by atoms with E-state index in [2.05, 4.69) is 5.32 Å². The van der Waals surface area contributed by atoms with Gasteiger partial charge in [0.1, 0.15) is 0 Å².